The van der Waals surface area contributed by atoms with Gasteiger partial charge in [-0.1, -0.05) is 18.5 Å². The fourth-order valence-electron chi connectivity index (χ4n) is 3.36. The number of ether oxygens (including phenoxy) is 1. The van der Waals surface area contributed by atoms with Gasteiger partial charge in [-0.2, -0.15) is 4.98 Å². The van der Waals surface area contributed by atoms with Gasteiger partial charge in [0.1, 0.15) is 0 Å². The van der Waals surface area contributed by atoms with E-state index in [1.165, 1.54) is 19.3 Å². The first-order chi connectivity index (χ1) is 9.71. The van der Waals surface area contributed by atoms with Gasteiger partial charge in [-0.25, -0.2) is 0 Å². The second-order valence-corrected chi connectivity index (χ2v) is 6.38. The molecule has 3 rings (SSSR count). The van der Waals surface area contributed by atoms with Crippen LogP contribution in [0.15, 0.2) is 4.52 Å². The maximum absolute atomic E-state index is 6.52. The number of nitrogens with two attached hydrogens (primary N) is 1. The lowest BCUT2D eigenvalue weighted by atomic mass is 9.76. The molecule has 5 nitrogen and oxygen atoms in total. The first-order valence-corrected chi connectivity index (χ1v) is 7.92. The largest absolute Gasteiger partial charge is 0.381 e. The Morgan fingerprint density at radius 3 is 2.75 bits per heavy atom. The fourth-order valence-corrected chi connectivity index (χ4v) is 3.36. The minimum absolute atomic E-state index is 0.251. The van der Waals surface area contributed by atoms with Gasteiger partial charge in [-0.3, -0.25) is 0 Å². The van der Waals surface area contributed by atoms with E-state index in [0.717, 1.165) is 38.2 Å². The molecule has 0 aromatic carbocycles. The molecule has 1 aromatic heterocycles. The van der Waals surface area contributed by atoms with Crippen LogP contribution in [0, 0.1) is 5.92 Å². The summed E-state index contributed by atoms with van der Waals surface area (Å²) >= 11 is 0. The van der Waals surface area contributed by atoms with Gasteiger partial charge in [-0.15, -0.1) is 0 Å². The smallest absolute Gasteiger partial charge is 0.232 e. The van der Waals surface area contributed by atoms with E-state index in [0.29, 0.717) is 18.3 Å². The Labute approximate surface area is 120 Å². The van der Waals surface area contributed by atoms with Crippen LogP contribution >= 0.6 is 0 Å². The second kappa shape index (κ2) is 5.82. The van der Waals surface area contributed by atoms with Gasteiger partial charge >= 0.3 is 0 Å². The zero-order chi connectivity index (χ0) is 14.0. The Balaban J connectivity index is 1.69. The molecule has 2 heterocycles. The molecule has 2 fully saturated rings. The summed E-state index contributed by atoms with van der Waals surface area (Å²) in [5.74, 6) is 2.47. The summed E-state index contributed by atoms with van der Waals surface area (Å²) in [6.45, 7) is 3.79. The summed E-state index contributed by atoms with van der Waals surface area (Å²) in [6, 6.07) is 0. The third-order valence-corrected chi connectivity index (χ3v) is 4.97. The topological polar surface area (TPSA) is 74.2 Å². The van der Waals surface area contributed by atoms with Gasteiger partial charge in [0.05, 0.1) is 18.1 Å². The third-order valence-electron chi connectivity index (χ3n) is 4.97. The number of nitrogens with zero attached hydrogens (tertiary/aromatic N) is 2. The molecule has 1 aromatic rings. The summed E-state index contributed by atoms with van der Waals surface area (Å²) in [5.41, 5.74) is 6.14. The minimum Gasteiger partial charge on any atom is -0.381 e. The predicted molar refractivity (Wildman–Crippen MR) is 75.2 cm³/mol. The van der Waals surface area contributed by atoms with Gasteiger partial charge < -0.3 is 15.0 Å². The van der Waals surface area contributed by atoms with E-state index in [1.54, 1.807) is 0 Å². The number of hydrogen-bond acceptors (Lipinski definition) is 5. The van der Waals surface area contributed by atoms with Crippen molar-refractivity contribution in [3.8, 4) is 0 Å². The lowest BCUT2D eigenvalue weighted by Gasteiger charge is -2.34. The second-order valence-electron chi connectivity index (χ2n) is 6.38. The summed E-state index contributed by atoms with van der Waals surface area (Å²) in [7, 11) is 0. The molecule has 0 spiro atoms. The molecule has 0 bridgehead atoms. The number of rotatable bonds is 3. The lowest BCUT2D eigenvalue weighted by molar-refractivity contribution is 0.0705. The van der Waals surface area contributed by atoms with Gasteiger partial charge in [-0.05, 0) is 44.4 Å². The highest BCUT2D eigenvalue weighted by molar-refractivity contribution is 5.07. The Morgan fingerprint density at radius 2 is 2.10 bits per heavy atom. The van der Waals surface area contributed by atoms with Crippen LogP contribution in [0.3, 0.4) is 0 Å². The molecule has 2 N–H and O–H groups in total. The van der Waals surface area contributed by atoms with Crippen molar-refractivity contribution in [2.24, 2.45) is 11.7 Å². The van der Waals surface area contributed by atoms with E-state index in [2.05, 4.69) is 17.1 Å². The molecule has 1 aliphatic carbocycles. The molecule has 112 valence electrons. The molecular weight excluding hydrogens is 254 g/mol. The van der Waals surface area contributed by atoms with Crippen molar-refractivity contribution >= 4 is 0 Å². The Bertz CT molecular complexity index is 432. The minimum atomic E-state index is -0.386. The molecule has 1 unspecified atom stereocenters. The molecule has 1 aliphatic heterocycles. The first kappa shape index (κ1) is 14.0. The molecule has 0 amide bonds. The molecule has 0 radical (unpaired) electrons. The normalized spacial score (nSPS) is 35.1. The van der Waals surface area contributed by atoms with Crippen LogP contribution in [0.4, 0.5) is 0 Å². The average molecular weight is 279 g/mol. The average Bonchev–Trinajstić information content (AvgIpc) is 3.00. The fraction of sp³-hybridized carbons (Fsp3) is 0.867. The Hall–Kier alpha value is -0.940. The van der Waals surface area contributed by atoms with Crippen LogP contribution in [-0.4, -0.2) is 23.4 Å². The molecule has 5 heteroatoms. The SMILES string of the molecule is CCC1CCC(N)(c2noc(C3CCCOC3)n2)CC1. The summed E-state index contributed by atoms with van der Waals surface area (Å²) < 4.78 is 10.9. The molecule has 20 heavy (non-hydrogen) atoms. The summed E-state index contributed by atoms with van der Waals surface area (Å²) in [5, 5.41) is 4.17. The first-order valence-electron chi connectivity index (χ1n) is 7.92. The van der Waals surface area contributed by atoms with E-state index in [4.69, 9.17) is 15.0 Å². The van der Waals surface area contributed by atoms with E-state index in [1.807, 2.05) is 0 Å². The number of hydrogen-bond donors (Lipinski definition) is 1. The maximum Gasteiger partial charge on any atom is 0.232 e. The van der Waals surface area contributed by atoms with Crippen LogP contribution in [0.5, 0.6) is 0 Å². The van der Waals surface area contributed by atoms with Crippen LogP contribution < -0.4 is 5.73 Å². The summed E-state index contributed by atoms with van der Waals surface area (Å²) in [6.07, 6.45) is 7.64. The maximum atomic E-state index is 6.52. The van der Waals surface area contributed by atoms with Crippen LogP contribution in [0.25, 0.3) is 0 Å². The quantitative estimate of drug-likeness (QED) is 0.920. The monoisotopic (exact) mass is 279 g/mol. The van der Waals surface area contributed by atoms with E-state index < -0.39 is 0 Å². The summed E-state index contributed by atoms with van der Waals surface area (Å²) in [4.78, 5) is 4.60. The molecule has 2 aliphatic rings. The highest BCUT2D eigenvalue weighted by Gasteiger charge is 2.37. The van der Waals surface area contributed by atoms with Gasteiger partial charge in [0.2, 0.25) is 5.89 Å². The number of aromatic nitrogens is 2. The lowest BCUT2D eigenvalue weighted by Crippen LogP contribution is -2.41. The Morgan fingerprint density at radius 1 is 1.30 bits per heavy atom. The van der Waals surface area contributed by atoms with Crippen molar-refractivity contribution < 1.29 is 9.26 Å². The van der Waals surface area contributed by atoms with Gasteiger partial charge in [0.15, 0.2) is 5.82 Å². The highest BCUT2D eigenvalue weighted by Crippen LogP contribution is 2.38. The van der Waals surface area contributed by atoms with Crippen molar-refractivity contribution in [3.63, 3.8) is 0 Å². The van der Waals surface area contributed by atoms with Gasteiger partial charge in [0, 0.05) is 6.61 Å². The van der Waals surface area contributed by atoms with E-state index in [9.17, 15) is 0 Å². The van der Waals surface area contributed by atoms with Crippen LogP contribution in [0.1, 0.15) is 69.5 Å². The van der Waals surface area contributed by atoms with Crippen molar-refractivity contribution in [2.45, 2.75) is 63.3 Å². The molecule has 1 saturated carbocycles. The van der Waals surface area contributed by atoms with Gasteiger partial charge in [0.25, 0.3) is 0 Å². The molecule has 1 saturated heterocycles. The molecule has 1 atom stereocenters. The highest BCUT2D eigenvalue weighted by atomic mass is 16.5. The van der Waals surface area contributed by atoms with Crippen LogP contribution in [0.2, 0.25) is 0 Å². The Kier molecular flexibility index (Phi) is 4.08. The zero-order valence-electron chi connectivity index (χ0n) is 12.3. The van der Waals surface area contributed by atoms with Crippen molar-refractivity contribution in [3.05, 3.63) is 11.7 Å². The van der Waals surface area contributed by atoms with Crippen molar-refractivity contribution in [2.75, 3.05) is 13.2 Å². The molecular formula is C15H25N3O2. The standard InChI is InChI=1S/C15H25N3O2/c1-2-11-5-7-15(16,8-6-11)14-17-13(20-18-14)12-4-3-9-19-10-12/h11-12H,2-10,16H2,1H3. The van der Waals surface area contributed by atoms with Crippen LogP contribution in [-0.2, 0) is 10.3 Å². The predicted octanol–water partition coefficient (Wildman–Crippen LogP) is 2.72. The zero-order valence-corrected chi connectivity index (χ0v) is 12.3. The van der Waals surface area contributed by atoms with Crippen molar-refractivity contribution in [1.29, 1.82) is 0 Å². The van der Waals surface area contributed by atoms with Crippen molar-refractivity contribution in [1.82, 2.24) is 10.1 Å². The van der Waals surface area contributed by atoms with E-state index in [-0.39, 0.29) is 11.5 Å². The third kappa shape index (κ3) is 2.74. The van der Waals surface area contributed by atoms with E-state index >= 15 is 0 Å².